The van der Waals surface area contributed by atoms with Crippen molar-refractivity contribution in [1.82, 2.24) is 4.90 Å². The van der Waals surface area contributed by atoms with E-state index in [0.717, 1.165) is 0 Å². The van der Waals surface area contributed by atoms with Crippen molar-refractivity contribution < 1.29 is 24.2 Å². The second kappa shape index (κ2) is 7.08. The fourth-order valence-electron chi connectivity index (χ4n) is 3.37. The molecule has 0 unspecified atom stereocenters. The van der Waals surface area contributed by atoms with E-state index in [0.29, 0.717) is 16.9 Å². The molecule has 6 heteroatoms. The zero-order chi connectivity index (χ0) is 19.7. The molecule has 28 heavy (non-hydrogen) atoms. The average molecular weight is 375 g/mol. The minimum atomic E-state index is -0.800. The molecule has 0 aliphatic carbocycles. The van der Waals surface area contributed by atoms with Crippen molar-refractivity contribution in [3.8, 4) is 5.75 Å². The highest BCUT2D eigenvalue weighted by molar-refractivity contribution is 6.46. The molecular formula is C22H17NO5. The minimum absolute atomic E-state index is 0.00782. The molecule has 6 nitrogen and oxygen atoms in total. The summed E-state index contributed by atoms with van der Waals surface area (Å²) in [6.07, 6.45) is 1.49. The molecule has 1 atom stereocenters. The first kappa shape index (κ1) is 17.6. The Labute approximate surface area is 161 Å². The lowest BCUT2D eigenvalue weighted by Crippen LogP contribution is -2.29. The predicted molar refractivity (Wildman–Crippen MR) is 101 cm³/mol. The number of aliphatic hydroxyl groups is 1. The van der Waals surface area contributed by atoms with Crippen molar-refractivity contribution in [3.63, 3.8) is 0 Å². The van der Waals surface area contributed by atoms with Crippen molar-refractivity contribution in [2.75, 3.05) is 0 Å². The van der Waals surface area contributed by atoms with Crippen LogP contribution < -0.4 is 0 Å². The van der Waals surface area contributed by atoms with E-state index < -0.39 is 17.7 Å². The molecule has 4 rings (SSSR count). The SMILES string of the molecule is O=C1C(=O)N(Cc2ccco2)[C@H](c2ccc(O)cc2)/C1=C(\O)c1ccccc1. The molecule has 1 aromatic heterocycles. The van der Waals surface area contributed by atoms with E-state index in [2.05, 4.69) is 0 Å². The molecular weight excluding hydrogens is 358 g/mol. The van der Waals surface area contributed by atoms with Crippen LogP contribution in [-0.4, -0.2) is 26.8 Å². The standard InChI is InChI=1S/C22H17NO5/c24-16-10-8-14(9-11-16)19-18(20(25)15-5-2-1-3-6-15)21(26)22(27)23(19)13-17-7-4-12-28-17/h1-12,19,24-25H,13H2/b20-18+/t19-/m1/s1. The highest BCUT2D eigenvalue weighted by Crippen LogP contribution is 2.40. The number of carbonyl (C=O) groups is 2. The van der Waals surface area contributed by atoms with Gasteiger partial charge in [-0.25, -0.2) is 0 Å². The summed E-state index contributed by atoms with van der Waals surface area (Å²) >= 11 is 0. The van der Waals surface area contributed by atoms with Gasteiger partial charge in [0, 0.05) is 5.56 Å². The molecule has 1 fully saturated rings. The molecule has 0 saturated carbocycles. The summed E-state index contributed by atoms with van der Waals surface area (Å²) in [7, 11) is 0. The Kier molecular flexibility index (Phi) is 4.45. The normalized spacial score (nSPS) is 18.6. The number of hydrogen-bond acceptors (Lipinski definition) is 5. The molecule has 140 valence electrons. The summed E-state index contributed by atoms with van der Waals surface area (Å²) in [6.45, 7) is 0.0781. The molecule has 1 saturated heterocycles. The maximum Gasteiger partial charge on any atom is 0.296 e. The number of phenolic OH excluding ortho intramolecular Hbond substituents is 1. The number of hydrogen-bond donors (Lipinski definition) is 2. The van der Waals surface area contributed by atoms with E-state index in [-0.39, 0.29) is 23.6 Å². The minimum Gasteiger partial charge on any atom is -0.508 e. The lowest BCUT2D eigenvalue weighted by molar-refractivity contribution is -0.140. The largest absolute Gasteiger partial charge is 0.508 e. The predicted octanol–water partition coefficient (Wildman–Crippen LogP) is 3.61. The molecule has 1 aliphatic rings. The van der Waals surface area contributed by atoms with Crippen LogP contribution in [0.5, 0.6) is 5.75 Å². The van der Waals surface area contributed by atoms with Gasteiger partial charge in [-0.1, -0.05) is 42.5 Å². The number of nitrogens with zero attached hydrogens (tertiary/aromatic N) is 1. The van der Waals surface area contributed by atoms with E-state index in [9.17, 15) is 19.8 Å². The number of aromatic hydroxyl groups is 1. The number of benzene rings is 2. The summed E-state index contributed by atoms with van der Waals surface area (Å²) < 4.78 is 5.34. The summed E-state index contributed by atoms with van der Waals surface area (Å²) in [5.41, 5.74) is 1.05. The van der Waals surface area contributed by atoms with Crippen molar-refractivity contribution in [2.24, 2.45) is 0 Å². The van der Waals surface area contributed by atoms with Crippen molar-refractivity contribution in [2.45, 2.75) is 12.6 Å². The van der Waals surface area contributed by atoms with Gasteiger partial charge in [0.1, 0.15) is 17.3 Å². The highest BCUT2D eigenvalue weighted by atomic mass is 16.3. The zero-order valence-corrected chi connectivity index (χ0v) is 14.8. The van der Waals surface area contributed by atoms with E-state index in [1.54, 1.807) is 54.6 Å². The molecule has 0 bridgehead atoms. The maximum atomic E-state index is 12.8. The van der Waals surface area contributed by atoms with Gasteiger partial charge >= 0.3 is 0 Å². The fourth-order valence-corrected chi connectivity index (χ4v) is 3.37. The third-order valence-corrected chi connectivity index (χ3v) is 4.70. The van der Waals surface area contributed by atoms with Crippen LogP contribution in [0.3, 0.4) is 0 Å². The van der Waals surface area contributed by atoms with Gasteiger partial charge in [-0.3, -0.25) is 9.59 Å². The first-order chi connectivity index (χ1) is 13.6. The second-order valence-electron chi connectivity index (χ2n) is 6.46. The van der Waals surface area contributed by atoms with Crippen molar-refractivity contribution >= 4 is 17.4 Å². The molecule has 0 spiro atoms. The van der Waals surface area contributed by atoms with Gasteiger partial charge in [-0.2, -0.15) is 0 Å². The van der Waals surface area contributed by atoms with Gasteiger partial charge in [0.25, 0.3) is 11.7 Å². The summed E-state index contributed by atoms with van der Waals surface area (Å²) in [5, 5.41) is 20.5. The molecule has 1 amide bonds. The number of carbonyl (C=O) groups excluding carboxylic acids is 2. The first-order valence-electron chi connectivity index (χ1n) is 8.71. The molecule has 3 aromatic rings. The first-order valence-corrected chi connectivity index (χ1v) is 8.71. The van der Waals surface area contributed by atoms with Gasteiger partial charge in [0.05, 0.1) is 24.4 Å². The maximum absolute atomic E-state index is 12.8. The summed E-state index contributed by atoms with van der Waals surface area (Å²) in [5.74, 6) is -1.13. The second-order valence-corrected chi connectivity index (χ2v) is 6.46. The number of ketones is 1. The van der Waals surface area contributed by atoms with Crippen LogP contribution in [-0.2, 0) is 16.1 Å². The molecule has 0 radical (unpaired) electrons. The Balaban J connectivity index is 1.86. The van der Waals surface area contributed by atoms with Gasteiger partial charge in [0.15, 0.2) is 0 Å². The Morgan fingerprint density at radius 1 is 0.964 bits per heavy atom. The summed E-state index contributed by atoms with van der Waals surface area (Å²) in [4.78, 5) is 27.0. The van der Waals surface area contributed by atoms with Crippen molar-refractivity contribution in [1.29, 1.82) is 0 Å². The zero-order valence-electron chi connectivity index (χ0n) is 14.8. The number of Topliss-reactive ketones (excluding diaryl/α,β-unsaturated/α-hetero) is 1. The van der Waals surface area contributed by atoms with E-state index in [4.69, 9.17) is 4.42 Å². The topological polar surface area (TPSA) is 91.0 Å². The molecule has 2 aromatic carbocycles. The van der Waals surface area contributed by atoms with E-state index in [1.165, 1.54) is 23.3 Å². The van der Waals surface area contributed by atoms with Crippen LogP contribution in [0.4, 0.5) is 0 Å². The summed E-state index contributed by atoms with van der Waals surface area (Å²) in [6, 6.07) is 17.4. The van der Waals surface area contributed by atoms with Crippen LogP contribution in [0.2, 0.25) is 0 Å². The van der Waals surface area contributed by atoms with Crippen LogP contribution in [0, 0.1) is 0 Å². The number of furan rings is 1. The number of aliphatic hydroxyl groups excluding tert-OH is 1. The lowest BCUT2D eigenvalue weighted by atomic mass is 9.95. The number of likely N-dealkylation sites (tertiary alicyclic amines) is 1. The Morgan fingerprint density at radius 3 is 2.32 bits per heavy atom. The van der Waals surface area contributed by atoms with E-state index >= 15 is 0 Å². The highest BCUT2D eigenvalue weighted by Gasteiger charge is 2.46. The molecule has 2 heterocycles. The van der Waals surface area contributed by atoms with Crippen LogP contribution in [0.1, 0.15) is 22.9 Å². The Morgan fingerprint density at radius 2 is 1.68 bits per heavy atom. The number of phenols is 1. The third-order valence-electron chi connectivity index (χ3n) is 4.70. The van der Waals surface area contributed by atoms with Gasteiger partial charge < -0.3 is 19.5 Å². The lowest BCUT2D eigenvalue weighted by Gasteiger charge is -2.24. The third kappa shape index (κ3) is 3.05. The van der Waals surface area contributed by atoms with Gasteiger partial charge in [0.2, 0.25) is 0 Å². The van der Waals surface area contributed by atoms with Crippen molar-refractivity contribution in [3.05, 3.63) is 95.5 Å². The Hall–Kier alpha value is -3.80. The van der Waals surface area contributed by atoms with Crippen LogP contribution in [0.25, 0.3) is 5.76 Å². The van der Waals surface area contributed by atoms with Crippen LogP contribution in [0.15, 0.2) is 83.0 Å². The number of amides is 1. The quantitative estimate of drug-likeness (QED) is 0.413. The smallest absolute Gasteiger partial charge is 0.296 e. The molecule has 1 aliphatic heterocycles. The van der Waals surface area contributed by atoms with Gasteiger partial charge in [-0.15, -0.1) is 0 Å². The Bertz CT molecular complexity index is 1040. The number of rotatable bonds is 4. The van der Waals surface area contributed by atoms with E-state index in [1.807, 2.05) is 0 Å². The fraction of sp³-hybridized carbons (Fsp3) is 0.0909. The average Bonchev–Trinajstić information content (AvgIpc) is 3.31. The monoisotopic (exact) mass is 375 g/mol. The van der Waals surface area contributed by atoms with Crippen LogP contribution >= 0.6 is 0 Å². The van der Waals surface area contributed by atoms with Gasteiger partial charge in [-0.05, 0) is 29.8 Å². The molecule has 2 N–H and O–H groups in total.